The first-order valence-electron chi connectivity index (χ1n) is 4.97. The zero-order valence-corrected chi connectivity index (χ0v) is 11.9. The Hall–Kier alpha value is -0.700. The van der Waals surface area contributed by atoms with Gasteiger partial charge in [0.05, 0.1) is 5.02 Å². The maximum atomic E-state index is 6.06. The van der Waals surface area contributed by atoms with Crippen LogP contribution in [0.4, 0.5) is 0 Å². The second-order valence-electron chi connectivity index (χ2n) is 3.45. The maximum absolute atomic E-state index is 6.06. The molecule has 4 heteroatoms. The molecule has 0 saturated heterocycles. The molecular formula is C13H9BrCl2O. The van der Waals surface area contributed by atoms with Crippen LogP contribution in [0.15, 0.2) is 46.9 Å². The summed E-state index contributed by atoms with van der Waals surface area (Å²) in [6.07, 6.45) is 0. The van der Waals surface area contributed by atoms with E-state index in [-0.39, 0.29) is 0 Å². The molecular weight excluding hydrogens is 323 g/mol. The SMILES string of the molecule is ClCc1ccc(Oc2ccc(Br)cc2Cl)cc1. The minimum atomic E-state index is 0.499. The van der Waals surface area contributed by atoms with Crippen LogP contribution in [0.3, 0.4) is 0 Å². The van der Waals surface area contributed by atoms with Crippen LogP contribution in [0.2, 0.25) is 5.02 Å². The highest BCUT2D eigenvalue weighted by Gasteiger charge is 2.03. The van der Waals surface area contributed by atoms with Crippen molar-refractivity contribution in [3.8, 4) is 11.5 Å². The van der Waals surface area contributed by atoms with E-state index in [1.807, 2.05) is 36.4 Å². The van der Waals surface area contributed by atoms with Crippen molar-refractivity contribution in [1.29, 1.82) is 0 Å². The van der Waals surface area contributed by atoms with Crippen LogP contribution in [0.1, 0.15) is 5.56 Å². The number of hydrogen-bond donors (Lipinski definition) is 0. The Morgan fingerprint density at radius 2 is 1.76 bits per heavy atom. The smallest absolute Gasteiger partial charge is 0.146 e. The molecule has 0 fully saturated rings. The van der Waals surface area contributed by atoms with Crippen molar-refractivity contribution in [3.63, 3.8) is 0 Å². The number of alkyl halides is 1. The third-order valence-electron chi connectivity index (χ3n) is 2.20. The predicted octanol–water partition coefficient (Wildman–Crippen LogP) is 5.63. The Bertz CT molecular complexity index is 511. The second-order valence-corrected chi connectivity index (χ2v) is 5.04. The molecule has 2 aromatic rings. The second kappa shape index (κ2) is 5.76. The number of halogens is 3. The van der Waals surface area contributed by atoms with Gasteiger partial charge in [-0.1, -0.05) is 39.7 Å². The van der Waals surface area contributed by atoms with E-state index >= 15 is 0 Å². The summed E-state index contributed by atoms with van der Waals surface area (Å²) >= 11 is 15.1. The molecule has 88 valence electrons. The molecule has 0 radical (unpaired) electrons. The quantitative estimate of drug-likeness (QED) is 0.662. The summed E-state index contributed by atoms with van der Waals surface area (Å²) in [6.45, 7) is 0. The van der Waals surface area contributed by atoms with Gasteiger partial charge in [0.2, 0.25) is 0 Å². The molecule has 0 aliphatic heterocycles. The first kappa shape index (κ1) is 12.7. The fourth-order valence-electron chi connectivity index (χ4n) is 1.33. The fourth-order valence-corrected chi connectivity index (χ4v) is 2.22. The summed E-state index contributed by atoms with van der Waals surface area (Å²) in [5, 5.41) is 0.570. The molecule has 0 aromatic heterocycles. The maximum Gasteiger partial charge on any atom is 0.146 e. The van der Waals surface area contributed by atoms with Crippen LogP contribution < -0.4 is 4.74 Å². The lowest BCUT2D eigenvalue weighted by atomic mass is 10.2. The van der Waals surface area contributed by atoms with Crippen molar-refractivity contribution in [3.05, 3.63) is 57.5 Å². The van der Waals surface area contributed by atoms with Gasteiger partial charge in [0, 0.05) is 10.4 Å². The summed E-state index contributed by atoms with van der Waals surface area (Å²) in [4.78, 5) is 0. The molecule has 1 nitrogen and oxygen atoms in total. The normalized spacial score (nSPS) is 10.3. The zero-order valence-electron chi connectivity index (χ0n) is 8.79. The van der Waals surface area contributed by atoms with Crippen LogP contribution in [-0.2, 0) is 5.88 Å². The van der Waals surface area contributed by atoms with Crippen LogP contribution in [0, 0.1) is 0 Å². The van der Waals surface area contributed by atoms with Crippen molar-refractivity contribution in [2.75, 3.05) is 0 Å². The minimum Gasteiger partial charge on any atom is -0.456 e. The largest absolute Gasteiger partial charge is 0.456 e. The standard InChI is InChI=1S/C13H9BrCl2O/c14-10-3-6-13(12(16)7-10)17-11-4-1-9(8-15)2-5-11/h1-7H,8H2. The number of ether oxygens (including phenoxy) is 1. The highest BCUT2D eigenvalue weighted by atomic mass is 79.9. The molecule has 0 aliphatic rings. The molecule has 0 unspecified atom stereocenters. The van der Waals surface area contributed by atoms with Crippen molar-refractivity contribution >= 4 is 39.1 Å². The van der Waals surface area contributed by atoms with E-state index < -0.39 is 0 Å². The van der Waals surface area contributed by atoms with Gasteiger partial charge in [-0.2, -0.15) is 0 Å². The number of rotatable bonds is 3. The molecule has 0 spiro atoms. The molecule has 0 amide bonds. The third kappa shape index (κ3) is 3.38. The van der Waals surface area contributed by atoms with E-state index in [0.29, 0.717) is 16.7 Å². The van der Waals surface area contributed by atoms with Crippen molar-refractivity contribution < 1.29 is 4.74 Å². The van der Waals surface area contributed by atoms with Crippen molar-refractivity contribution in [1.82, 2.24) is 0 Å². The zero-order chi connectivity index (χ0) is 12.3. The van der Waals surface area contributed by atoms with Crippen LogP contribution in [0.25, 0.3) is 0 Å². The molecule has 0 heterocycles. The van der Waals surface area contributed by atoms with E-state index in [1.165, 1.54) is 0 Å². The van der Waals surface area contributed by atoms with E-state index in [4.69, 9.17) is 27.9 Å². The van der Waals surface area contributed by atoms with Gasteiger partial charge >= 0.3 is 0 Å². The summed E-state index contributed by atoms with van der Waals surface area (Å²) in [6, 6.07) is 13.1. The molecule has 2 aromatic carbocycles. The Balaban J connectivity index is 2.19. The van der Waals surface area contributed by atoms with Gasteiger partial charge in [-0.3, -0.25) is 0 Å². The van der Waals surface area contributed by atoms with Gasteiger partial charge in [0.1, 0.15) is 11.5 Å². The molecule has 0 bridgehead atoms. The van der Waals surface area contributed by atoms with Gasteiger partial charge in [0.25, 0.3) is 0 Å². The highest BCUT2D eigenvalue weighted by Crippen LogP contribution is 2.31. The Labute approximate surface area is 118 Å². The molecule has 17 heavy (non-hydrogen) atoms. The van der Waals surface area contributed by atoms with Crippen molar-refractivity contribution in [2.45, 2.75) is 5.88 Å². The molecule has 2 rings (SSSR count). The highest BCUT2D eigenvalue weighted by molar-refractivity contribution is 9.10. The van der Waals surface area contributed by atoms with E-state index in [1.54, 1.807) is 6.07 Å². The first-order chi connectivity index (χ1) is 8.19. The fraction of sp³-hybridized carbons (Fsp3) is 0.0769. The van der Waals surface area contributed by atoms with E-state index in [0.717, 1.165) is 15.8 Å². The van der Waals surface area contributed by atoms with Crippen LogP contribution in [0.5, 0.6) is 11.5 Å². The van der Waals surface area contributed by atoms with Gasteiger partial charge in [0.15, 0.2) is 0 Å². The Morgan fingerprint density at radius 1 is 1.06 bits per heavy atom. The average molecular weight is 332 g/mol. The van der Waals surface area contributed by atoms with Gasteiger partial charge in [-0.05, 0) is 35.9 Å². The van der Waals surface area contributed by atoms with Gasteiger partial charge in [-0.25, -0.2) is 0 Å². The topological polar surface area (TPSA) is 9.23 Å². The Kier molecular flexibility index (Phi) is 4.32. The van der Waals surface area contributed by atoms with Crippen LogP contribution in [-0.4, -0.2) is 0 Å². The van der Waals surface area contributed by atoms with E-state index in [2.05, 4.69) is 15.9 Å². The molecule has 0 aliphatic carbocycles. The summed E-state index contributed by atoms with van der Waals surface area (Å²) in [5.41, 5.74) is 1.06. The lowest BCUT2D eigenvalue weighted by Gasteiger charge is -2.08. The summed E-state index contributed by atoms with van der Waals surface area (Å²) in [7, 11) is 0. The summed E-state index contributed by atoms with van der Waals surface area (Å²) < 4.78 is 6.59. The van der Waals surface area contributed by atoms with Crippen molar-refractivity contribution in [2.24, 2.45) is 0 Å². The first-order valence-corrected chi connectivity index (χ1v) is 6.67. The summed E-state index contributed by atoms with van der Waals surface area (Å²) in [5.74, 6) is 1.87. The monoisotopic (exact) mass is 330 g/mol. The van der Waals surface area contributed by atoms with Gasteiger partial charge in [-0.15, -0.1) is 11.6 Å². The number of hydrogen-bond acceptors (Lipinski definition) is 1. The van der Waals surface area contributed by atoms with Gasteiger partial charge < -0.3 is 4.74 Å². The van der Waals surface area contributed by atoms with E-state index in [9.17, 15) is 0 Å². The minimum absolute atomic E-state index is 0.499. The molecule has 0 N–H and O–H groups in total. The molecule has 0 atom stereocenters. The third-order valence-corrected chi connectivity index (χ3v) is 3.30. The lowest BCUT2D eigenvalue weighted by Crippen LogP contribution is -1.86. The Morgan fingerprint density at radius 3 is 2.35 bits per heavy atom. The average Bonchev–Trinajstić information content (AvgIpc) is 2.34. The lowest BCUT2D eigenvalue weighted by molar-refractivity contribution is 0.482. The van der Waals surface area contributed by atoms with Crippen LogP contribution >= 0.6 is 39.1 Å². The number of benzene rings is 2. The molecule has 0 saturated carbocycles. The predicted molar refractivity (Wildman–Crippen MR) is 75.2 cm³/mol.